The van der Waals surface area contributed by atoms with Crippen LogP contribution in [-0.4, -0.2) is 36.9 Å². The second-order valence-corrected chi connectivity index (χ2v) is 6.55. The summed E-state index contributed by atoms with van der Waals surface area (Å²) in [5.74, 6) is -1.29. The Morgan fingerprint density at radius 2 is 1.83 bits per heavy atom. The van der Waals surface area contributed by atoms with Gasteiger partial charge in [-0.1, -0.05) is 23.2 Å². The van der Waals surface area contributed by atoms with E-state index in [1.54, 1.807) is 0 Å². The Labute approximate surface area is 114 Å². The second-order valence-electron chi connectivity index (χ2n) is 3.83. The molecule has 0 saturated carbocycles. The number of sulfonamides is 1. The minimum absolute atomic E-state index is 0.0723. The number of carboxylic acid groups (broad SMARTS) is 1. The van der Waals surface area contributed by atoms with Gasteiger partial charge in [-0.15, -0.1) is 0 Å². The smallest absolute Gasteiger partial charge is 0.337 e. The van der Waals surface area contributed by atoms with E-state index in [-0.39, 0.29) is 20.5 Å². The van der Waals surface area contributed by atoms with Gasteiger partial charge in [-0.2, -0.15) is 4.31 Å². The highest BCUT2D eigenvalue weighted by atomic mass is 35.5. The van der Waals surface area contributed by atoms with Crippen LogP contribution in [0.25, 0.3) is 0 Å². The number of carbonyl (C=O) groups is 1. The Balaban J connectivity index is 2.57. The van der Waals surface area contributed by atoms with E-state index in [9.17, 15) is 13.2 Å². The second kappa shape index (κ2) is 4.70. The number of hydrogen-bond donors (Lipinski definition) is 1. The number of benzene rings is 1. The van der Waals surface area contributed by atoms with Crippen LogP contribution in [0, 0.1) is 0 Å². The van der Waals surface area contributed by atoms with Gasteiger partial charge < -0.3 is 5.11 Å². The van der Waals surface area contributed by atoms with Crippen molar-refractivity contribution in [2.45, 2.75) is 11.3 Å². The van der Waals surface area contributed by atoms with E-state index in [1.165, 1.54) is 4.31 Å². The largest absolute Gasteiger partial charge is 0.478 e. The maximum absolute atomic E-state index is 12.1. The summed E-state index contributed by atoms with van der Waals surface area (Å²) in [6, 6.07) is 2.14. The highest BCUT2D eigenvalue weighted by Crippen LogP contribution is 2.32. The van der Waals surface area contributed by atoms with E-state index < -0.39 is 16.0 Å². The maximum atomic E-state index is 12.1. The summed E-state index contributed by atoms with van der Waals surface area (Å²) >= 11 is 11.5. The van der Waals surface area contributed by atoms with Gasteiger partial charge in [0.05, 0.1) is 15.6 Å². The first-order chi connectivity index (χ1) is 8.34. The fourth-order valence-corrected chi connectivity index (χ4v) is 3.90. The first kappa shape index (κ1) is 13.6. The fraction of sp³-hybridized carbons (Fsp3) is 0.300. The van der Waals surface area contributed by atoms with Crippen LogP contribution < -0.4 is 0 Å². The Morgan fingerprint density at radius 1 is 1.22 bits per heavy atom. The maximum Gasteiger partial charge on any atom is 0.337 e. The number of nitrogens with zero attached hydrogens (tertiary/aromatic N) is 1. The summed E-state index contributed by atoms with van der Waals surface area (Å²) < 4.78 is 25.5. The topological polar surface area (TPSA) is 74.7 Å². The predicted molar refractivity (Wildman–Crippen MR) is 66.8 cm³/mol. The van der Waals surface area contributed by atoms with Crippen molar-refractivity contribution < 1.29 is 18.3 Å². The molecule has 8 heteroatoms. The van der Waals surface area contributed by atoms with Gasteiger partial charge in [-0.25, -0.2) is 13.2 Å². The molecule has 1 aromatic rings. The minimum atomic E-state index is -3.73. The molecule has 1 aliphatic heterocycles. The quantitative estimate of drug-likeness (QED) is 0.927. The average molecular weight is 310 g/mol. The highest BCUT2D eigenvalue weighted by molar-refractivity contribution is 7.89. The fourth-order valence-electron chi connectivity index (χ4n) is 1.56. The first-order valence-electron chi connectivity index (χ1n) is 5.06. The van der Waals surface area contributed by atoms with Crippen LogP contribution in [0.2, 0.25) is 10.0 Å². The van der Waals surface area contributed by atoms with Crippen molar-refractivity contribution in [2.75, 3.05) is 13.1 Å². The molecule has 5 nitrogen and oxygen atoms in total. The Morgan fingerprint density at radius 3 is 2.28 bits per heavy atom. The molecule has 0 radical (unpaired) electrons. The molecule has 1 aliphatic rings. The van der Waals surface area contributed by atoms with E-state index in [4.69, 9.17) is 28.3 Å². The Bertz CT molecular complexity index is 611. The lowest BCUT2D eigenvalue weighted by Crippen LogP contribution is -2.42. The van der Waals surface area contributed by atoms with Gasteiger partial charge in [-0.3, -0.25) is 0 Å². The van der Waals surface area contributed by atoms with Crippen molar-refractivity contribution >= 4 is 39.2 Å². The average Bonchev–Trinajstić information content (AvgIpc) is 2.12. The Kier molecular flexibility index (Phi) is 3.55. The van der Waals surface area contributed by atoms with Crippen LogP contribution in [0.15, 0.2) is 17.0 Å². The number of aromatic carboxylic acids is 1. The predicted octanol–water partition coefficient (Wildman–Crippen LogP) is 2.09. The lowest BCUT2D eigenvalue weighted by molar-refractivity contribution is 0.0697. The third-order valence-electron chi connectivity index (χ3n) is 2.68. The SMILES string of the molecule is O=C(O)c1cc(S(=O)(=O)N2CCC2)c(Cl)cc1Cl. The van der Waals surface area contributed by atoms with E-state index in [2.05, 4.69) is 0 Å². The molecule has 2 rings (SSSR count). The molecule has 98 valence electrons. The van der Waals surface area contributed by atoms with Crippen LogP contribution in [0.4, 0.5) is 0 Å². The molecule has 0 aliphatic carbocycles. The van der Waals surface area contributed by atoms with Crippen molar-refractivity contribution in [1.29, 1.82) is 0 Å². The minimum Gasteiger partial charge on any atom is -0.478 e. The summed E-state index contributed by atoms with van der Waals surface area (Å²) in [5.41, 5.74) is -0.278. The molecular weight excluding hydrogens is 301 g/mol. The molecule has 0 aromatic heterocycles. The van der Waals surface area contributed by atoms with E-state index in [1.807, 2.05) is 0 Å². The van der Waals surface area contributed by atoms with Gasteiger partial charge in [0.1, 0.15) is 4.90 Å². The van der Waals surface area contributed by atoms with Crippen molar-refractivity contribution in [1.82, 2.24) is 4.31 Å². The lowest BCUT2D eigenvalue weighted by atomic mass is 10.2. The van der Waals surface area contributed by atoms with Crippen LogP contribution in [0.3, 0.4) is 0 Å². The molecule has 0 bridgehead atoms. The number of halogens is 2. The van der Waals surface area contributed by atoms with Gasteiger partial charge in [0.2, 0.25) is 10.0 Å². The third-order valence-corrected chi connectivity index (χ3v) is 5.36. The van der Waals surface area contributed by atoms with E-state index >= 15 is 0 Å². The molecule has 1 heterocycles. The zero-order valence-electron chi connectivity index (χ0n) is 9.06. The lowest BCUT2D eigenvalue weighted by Gasteiger charge is -2.30. The van der Waals surface area contributed by atoms with Gasteiger partial charge in [0.25, 0.3) is 0 Å². The van der Waals surface area contributed by atoms with Crippen LogP contribution >= 0.6 is 23.2 Å². The molecule has 18 heavy (non-hydrogen) atoms. The first-order valence-corrected chi connectivity index (χ1v) is 7.26. The van der Waals surface area contributed by atoms with Crippen LogP contribution in [-0.2, 0) is 10.0 Å². The van der Waals surface area contributed by atoms with Gasteiger partial charge in [0, 0.05) is 13.1 Å². The van der Waals surface area contributed by atoms with Crippen LogP contribution in [0.5, 0.6) is 0 Å². The summed E-state index contributed by atoms with van der Waals surface area (Å²) in [6.45, 7) is 0.841. The molecule has 0 atom stereocenters. The zero-order chi connectivity index (χ0) is 13.5. The van der Waals surface area contributed by atoms with Gasteiger partial charge in [-0.05, 0) is 18.6 Å². The van der Waals surface area contributed by atoms with Crippen molar-refractivity contribution in [3.63, 3.8) is 0 Å². The normalized spacial score (nSPS) is 16.3. The molecule has 0 amide bonds. The Hall–Kier alpha value is -0.820. The third kappa shape index (κ3) is 2.21. The van der Waals surface area contributed by atoms with Gasteiger partial charge in [0.15, 0.2) is 0 Å². The zero-order valence-corrected chi connectivity index (χ0v) is 11.4. The van der Waals surface area contributed by atoms with Crippen LogP contribution in [0.1, 0.15) is 16.8 Å². The van der Waals surface area contributed by atoms with E-state index in [0.717, 1.165) is 18.6 Å². The van der Waals surface area contributed by atoms with Gasteiger partial charge >= 0.3 is 5.97 Å². The number of rotatable bonds is 3. The molecule has 1 N–H and O–H groups in total. The summed E-state index contributed by atoms with van der Waals surface area (Å²) in [7, 11) is -3.73. The summed E-state index contributed by atoms with van der Waals surface area (Å²) in [6.07, 6.45) is 0.788. The van der Waals surface area contributed by atoms with E-state index in [0.29, 0.717) is 13.1 Å². The standard InChI is InChI=1S/C10H9Cl2NO4S/c11-7-5-8(12)9(4-6(7)10(14)15)18(16,17)13-2-1-3-13/h4-5H,1-3H2,(H,14,15). The molecular formula is C10H9Cl2NO4S. The molecule has 1 saturated heterocycles. The molecule has 1 fully saturated rings. The number of carboxylic acids is 1. The highest BCUT2D eigenvalue weighted by Gasteiger charge is 2.32. The molecule has 0 unspecified atom stereocenters. The summed E-state index contributed by atoms with van der Waals surface area (Å²) in [5, 5.41) is 8.76. The molecule has 0 spiro atoms. The van der Waals surface area contributed by atoms with Crippen molar-refractivity contribution in [3.05, 3.63) is 27.7 Å². The number of hydrogen-bond acceptors (Lipinski definition) is 3. The molecule has 1 aromatic carbocycles. The van der Waals surface area contributed by atoms with Crippen molar-refractivity contribution in [3.8, 4) is 0 Å². The summed E-state index contributed by atoms with van der Waals surface area (Å²) in [4.78, 5) is 10.7. The van der Waals surface area contributed by atoms with Crippen molar-refractivity contribution in [2.24, 2.45) is 0 Å². The monoisotopic (exact) mass is 309 g/mol.